The normalized spacial score (nSPS) is 17.7. The fraction of sp³-hybridized carbons (Fsp3) is 0.412. The third-order valence-electron chi connectivity index (χ3n) is 4.33. The summed E-state index contributed by atoms with van der Waals surface area (Å²) in [6.07, 6.45) is 1.98. The molecule has 24 heavy (non-hydrogen) atoms. The van der Waals surface area contributed by atoms with Crippen LogP contribution in [0.5, 0.6) is 0 Å². The van der Waals surface area contributed by atoms with Crippen LogP contribution in [0.25, 0.3) is 0 Å². The summed E-state index contributed by atoms with van der Waals surface area (Å²) in [7, 11) is -1.53. The summed E-state index contributed by atoms with van der Waals surface area (Å²) < 4.78 is 35.3. The maximum atomic E-state index is 12.5. The average Bonchev–Trinajstić information content (AvgIpc) is 3.03. The van der Waals surface area contributed by atoms with Gasteiger partial charge in [0.2, 0.25) is 10.0 Å². The lowest BCUT2D eigenvalue weighted by molar-refractivity contribution is 0.0158. The predicted molar refractivity (Wildman–Crippen MR) is 92.2 cm³/mol. The number of nitrogens with zero attached hydrogens (tertiary/aromatic N) is 2. The van der Waals surface area contributed by atoms with Gasteiger partial charge in [0, 0.05) is 38.6 Å². The summed E-state index contributed by atoms with van der Waals surface area (Å²) >= 11 is 0. The number of benzene rings is 1. The Morgan fingerprint density at radius 1 is 1.12 bits per heavy atom. The minimum Gasteiger partial charge on any atom is -0.379 e. The molecule has 6 nitrogen and oxygen atoms in total. The highest BCUT2D eigenvalue weighted by molar-refractivity contribution is 7.89. The zero-order valence-electron chi connectivity index (χ0n) is 13.8. The Hall–Kier alpha value is -1.67. The van der Waals surface area contributed by atoms with Crippen molar-refractivity contribution in [3.63, 3.8) is 0 Å². The van der Waals surface area contributed by atoms with Gasteiger partial charge in [-0.05, 0) is 24.3 Å². The lowest BCUT2D eigenvalue weighted by atomic mass is 10.1. The van der Waals surface area contributed by atoms with Crippen molar-refractivity contribution in [2.45, 2.75) is 10.9 Å². The highest BCUT2D eigenvalue weighted by Crippen LogP contribution is 2.22. The third kappa shape index (κ3) is 3.87. The largest absolute Gasteiger partial charge is 0.379 e. The van der Waals surface area contributed by atoms with E-state index < -0.39 is 10.0 Å². The molecule has 0 spiro atoms. The Morgan fingerprint density at radius 3 is 2.46 bits per heavy atom. The van der Waals surface area contributed by atoms with Crippen LogP contribution in [0.1, 0.15) is 11.7 Å². The second kappa shape index (κ2) is 7.48. The first-order valence-electron chi connectivity index (χ1n) is 8.06. The third-order valence-corrected chi connectivity index (χ3v) is 5.77. The van der Waals surface area contributed by atoms with Gasteiger partial charge in [-0.1, -0.05) is 18.2 Å². The summed E-state index contributed by atoms with van der Waals surface area (Å²) in [5.74, 6) is 0. The van der Waals surface area contributed by atoms with E-state index in [1.165, 1.54) is 0 Å². The lowest BCUT2D eigenvalue weighted by Crippen LogP contribution is -2.44. The highest BCUT2D eigenvalue weighted by atomic mass is 32.2. The zero-order valence-corrected chi connectivity index (χ0v) is 14.6. The SMILES string of the molecule is Cn1cccc1[C@H](CNS(=O)(=O)c1ccccc1)N1CCOCC1. The van der Waals surface area contributed by atoms with E-state index in [-0.39, 0.29) is 10.9 Å². The fourth-order valence-electron chi connectivity index (χ4n) is 3.00. The minimum atomic E-state index is -3.52. The number of ether oxygens (including phenoxy) is 1. The number of hydrogen-bond acceptors (Lipinski definition) is 4. The molecule has 0 aliphatic carbocycles. The second-order valence-electron chi connectivity index (χ2n) is 5.87. The lowest BCUT2D eigenvalue weighted by Gasteiger charge is -2.34. The first kappa shape index (κ1) is 17.2. The van der Waals surface area contributed by atoms with Gasteiger partial charge < -0.3 is 9.30 Å². The van der Waals surface area contributed by atoms with Crippen LogP contribution in [0.3, 0.4) is 0 Å². The van der Waals surface area contributed by atoms with Gasteiger partial charge in [-0.15, -0.1) is 0 Å². The molecule has 3 rings (SSSR count). The minimum absolute atomic E-state index is 0.0209. The molecule has 1 atom stereocenters. The summed E-state index contributed by atoms with van der Waals surface area (Å²) in [5.41, 5.74) is 1.09. The van der Waals surface area contributed by atoms with Gasteiger partial charge >= 0.3 is 0 Å². The Bertz CT molecular complexity index is 752. The predicted octanol–water partition coefficient (Wildman–Crippen LogP) is 1.38. The molecule has 1 aromatic heterocycles. The van der Waals surface area contributed by atoms with E-state index >= 15 is 0 Å². The van der Waals surface area contributed by atoms with Gasteiger partial charge in [-0.2, -0.15) is 0 Å². The van der Waals surface area contributed by atoms with Gasteiger partial charge in [0.1, 0.15) is 0 Å². The van der Waals surface area contributed by atoms with Gasteiger partial charge in [-0.25, -0.2) is 13.1 Å². The summed E-state index contributed by atoms with van der Waals surface area (Å²) in [6.45, 7) is 3.26. The van der Waals surface area contributed by atoms with Crippen LogP contribution in [-0.2, 0) is 21.8 Å². The molecule has 1 N–H and O–H groups in total. The molecule has 1 aliphatic rings. The molecular formula is C17H23N3O3S. The van der Waals surface area contributed by atoms with E-state index in [1.54, 1.807) is 30.3 Å². The maximum Gasteiger partial charge on any atom is 0.240 e. The molecule has 7 heteroatoms. The van der Waals surface area contributed by atoms with E-state index in [4.69, 9.17) is 4.74 Å². The van der Waals surface area contributed by atoms with Gasteiger partial charge in [-0.3, -0.25) is 4.90 Å². The highest BCUT2D eigenvalue weighted by Gasteiger charge is 2.26. The van der Waals surface area contributed by atoms with Gasteiger partial charge in [0.15, 0.2) is 0 Å². The zero-order chi connectivity index (χ0) is 17.0. The topological polar surface area (TPSA) is 63.6 Å². The Kier molecular flexibility index (Phi) is 5.35. The number of aryl methyl sites for hydroxylation is 1. The number of nitrogens with one attached hydrogen (secondary N) is 1. The van der Waals surface area contributed by atoms with Crippen molar-refractivity contribution in [1.82, 2.24) is 14.2 Å². The molecule has 0 amide bonds. The molecule has 1 saturated heterocycles. The molecule has 0 unspecified atom stereocenters. The van der Waals surface area contributed by atoms with Crippen LogP contribution in [-0.4, -0.2) is 50.7 Å². The van der Waals surface area contributed by atoms with Crippen molar-refractivity contribution in [2.75, 3.05) is 32.8 Å². The van der Waals surface area contributed by atoms with Crippen LogP contribution in [0.15, 0.2) is 53.6 Å². The molecule has 0 saturated carbocycles. The molecule has 1 aromatic carbocycles. The van der Waals surface area contributed by atoms with Crippen LogP contribution in [0, 0.1) is 0 Å². The van der Waals surface area contributed by atoms with Crippen molar-refractivity contribution < 1.29 is 13.2 Å². The Labute approximate surface area is 143 Å². The smallest absolute Gasteiger partial charge is 0.240 e. The Morgan fingerprint density at radius 2 is 1.83 bits per heavy atom. The number of aromatic nitrogens is 1. The van der Waals surface area contributed by atoms with Crippen molar-refractivity contribution >= 4 is 10.0 Å². The maximum absolute atomic E-state index is 12.5. The average molecular weight is 349 g/mol. The van der Waals surface area contributed by atoms with E-state index in [9.17, 15) is 8.42 Å². The van der Waals surface area contributed by atoms with Crippen LogP contribution >= 0.6 is 0 Å². The number of hydrogen-bond donors (Lipinski definition) is 1. The fourth-order valence-corrected chi connectivity index (χ4v) is 4.06. The standard InChI is InChI=1S/C17H23N3O3S/c1-19-9-5-8-16(19)17(20-10-12-23-13-11-20)14-18-24(21,22)15-6-3-2-4-7-15/h2-9,17-18H,10-14H2,1H3/t17-/m0/s1. The molecule has 130 valence electrons. The summed E-state index contributed by atoms with van der Waals surface area (Å²) in [5, 5.41) is 0. The van der Waals surface area contributed by atoms with E-state index in [1.807, 2.05) is 29.9 Å². The number of morpholine rings is 1. The van der Waals surface area contributed by atoms with Gasteiger partial charge in [0.25, 0.3) is 0 Å². The summed E-state index contributed by atoms with van der Waals surface area (Å²) in [4.78, 5) is 2.56. The van der Waals surface area contributed by atoms with Crippen LogP contribution in [0.4, 0.5) is 0 Å². The Balaban J connectivity index is 1.78. The second-order valence-corrected chi connectivity index (χ2v) is 7.64. The molecule has 0 bridgehead atoms. The monoisotopic (exact) mass is 349 g/mol. The van der Waals surface area contributed by atoms with Gasteiger partial charge in [0.05, 0.1) is 24.2 Å². The molecule has 1 aliphatic heterocycles. The first-order valence-corrected chi connectivity index (χ1v) is 9.54. The molecule has 2 aromatic rings. The van der Waals surface area contributed by atoms with Crippen molar-refractivity contribution in [2.24, 2.45) is 7.05 Å². The van der Waals surface area contributed by atoms with Crippen LogP contribution in [0.2, 0.25) is 0 Å². The number of sulfonamides is 1. The quantitative estimate of drug-likeness (QED) is 0.856. The van der Waals surface area contributed by atoms with E-state index in [0.29, 0.717) is 19.8 Å². The van der Waals surface area contributed by atoms with Crippen molar-refractivity contribution in [3.05, 3.63) is 54.4 Å². The first-order chi connectivity index (χ1) is 11.6. The van der Waals surface area contributed by atoms with E-state index in [2.05, 4.69) is 9.62 Å². The molecule has 2 heterocycles. The molecular weight excluding hydrogens is 326 g/mol. The molecule has 1 fully saturated rings. The van der Waals surface area contributed by atoms with Crippen LogP contribution < -0.4 is 4.72 Å². The number of rotatable bonds is 6. The van der Waals surface area contributed by atoms with Crippen molar-refractivity contribution in [3.8, 4) is 0 Å². The molecule has 0 radical (unpaired) electrons. The summed E-state index contributed by atoms with van der Waals surface area (Å²) in [6, 6.07) is 12.5. The van der Waals surface area contributed by atoms with Crippen molar-refractivity contribution in [1.29, 1.82) is 0 Å². The van der Waals surface area contributed by atoms with E-state index in [0.717, 1.165) is 18.8 Å².